The van der Waals surface area contributed by atoms with Crippen molar-refractivity contribution in [3.8, 4) is 0 Å². The van der Waals surface area contributed by atoms with Gasteiger partial charge in [-0.2, -0.15) is 0 Å². The minimum Gasteiger partial charge on any atom is -0.444 e. The van der Waals surface area contributed by atoms with Crippen LogP contribution in [-0.4, -0.2) is 34.8 Å². The number of ether oxygens (including phenoxy) is 1. The summed E-state index contributed by atoms with van der Waals surface area (Å²) < 4.78 is 5.43. The molecule has 0 bridgehead atoms. The lowest BCUT2D eigenvalue weighted by Crippen LogP contribution is -2.40. The van der Waals surface area contributed by atoms with Gasteiger partial charge in [-0.1, -0.05) is 30.3 Å². The van der Waals surface area contributed by atoms with Gasteiger partial charge < -0.3 is 10.1 Å². The third-order valence-electron chi connectivity index (χ3n) is 3.78. The summed E-state index contributed by atoms with van der Waals surface area (Å²) in [4.78, 5) is 37.7. The number of carbonyl (C=O) groups is 3. The van der Waals surface area contributed by atoms with Gasteiger partial charge in [0, 0.05) is 17.8 Å². The molecule has 6 heteroatoms. The van der Waals surface area contributed by atoms with E-state index in [-0.39, 0.29) is 24.8 Å². The van der Waals surface area contributed by atoms with Crippen molar-refractivity contribution in [2.45, 2.75) is 39.8 Å². The van der Waals surface area contributed by atoms with Gasteiger partial charge in [0.2, 0.25) is 5.91 Å². The van der Waals surface area contributed by atoms with Crippen LogP contribution in [0.3, 0.4) is 0 Å². The van der Waals surface area contributed by atoms with Gasteiger partial charge in [0.25, 0.3) is 0 Å². The number of Topliss-reactive ketones (excluding diaryl/α,β-unsaturated/α-hetero) is 1. The average Bonchev–Trinajstić information content (AvgIpc) is 2.61. The maximum Gasteiger partial charge on any atom is 0.411 e. The van der Waals surface area contributed by atoms with Gasteiger partial charge in [-0.05, 0) is 57.5 Å². The number of carbonyl (C=O) groups excluding carboxylic acids is 3. The zero-order valence-corrected chi connectivity index (χ0v) is 16.7. The Bertz CT molecular complexity index is 824. The molecule has 0 radical (unpaired) electrons. The summed E-state index contributed by atoms with van der Waals surface area (Å²) >= 11 is 0. The molecule has 0 fully saturated rings. The van der Waals surface area contributed by atoms with E-state index >= 15 is 0 Å². The monoisotopic (exact) mass is 382 g/mol. The Kier molecular flexibility index (Phi) is 6.93. The van der Waals surface area contributed by atoms with Gasteiger partial charge in [-0.15, -0.1) is 0 Å². The molecule has 0 aliphatic carbocycles. The fourth-order valence-corrected chi connectivity index (χ4v) is 2.48. The Morgan fingerprint density at radius 3 is 2.11 bits per heavy atom. The van der Waals surface area contributed by atoms with E-state index in [9.17, 15) is 14.4 Å². The Hall–Kier alpha value is -3.15. The van der Waals surface area contributed by atoms with Crippen molar-refractivity contribution in [1.29, 1.82) is 0 Å². The highest BCUT2D eigenvalue weighted by Gasteiger charge is 2.24. The van der Waals surface area contributed by atoms with Crippen LogP contribution in [0, 0.1) is 0 Å². The van der Waals surface area contributed by atoms with E-state index in [1.807, 2.05) is 30.3 Å². The Labute approximate surface area is 165 Å². The summed E-state index contributed by atoms with van der Waals surface area (Å²) in [5, 5.41) is 2.74. The number of hydrogen-bond acceptors (Lipinski definition) is 4. The smallest absolute Gasteiger partial charge is 0.411 e. The van der Waals surface area contributed by atoms with E-state index in [0.717, 1.165) is 5.56 Å². The van der Waals surface area contributed by atoms with Crippen molar-refractivity contribution in [3.63, 3.8) is 0 Å². The van der Waals surface area contributed by atoms with Crippen molar-refractivity contribution in [1.82, 2.24) is 4.90 Å². The second-order valence-electron chi connectivity index (χ2n) is 7.50. The molecule has 0 saturated carbocycles. The number of benzene rings is 2. The highest BCUT2D eigenvalue weighted by Crippen LogP contribution is 2.14. The molecule has 1 N–H and O–H groups in total. The Morgan fingerprint density at radius 1 is 0.964 bits per heavy atom. The normalized spacial score (nSPS) is 10.9. The summed E-state index contributed by atoms with van der Waals surface area (Å²) in [6.45, 7) is 6.92. The maximum atomic E-state index is 12.6. The highest BCUT2D eigenvalue weighted by atomic mass is 16.6. The number of ketones is 1. The van der Waals surface area contributed by atoms with Gasteiger partial charge in [0.05, 0.1) is 0 Å². The van der Waals surface area contributed by atoms with E-state index in [1.165, 1.54) is 11.8 Å². The third kappa shape index (κ3) is 6.87. The van der Waals surface area contributed by atoms with Crippen molar-refractivity contribution in [2.24, 2.45) is 0 Å². The van der Waals surface area contributed by atoms with Crippen LogP contribution >= 0.6 is 0 Å². The quantitative estimate of drug-likeness (QED) is 0.757. The number of nitrogens with one attached hydrogen (secondary N) is 1. The number of hydrogen-bond donors (Lipinski definition) is 1. The summed E-state index contributed by atoms with van der Waals surface area (Å²) in [6.07, 6.45) is -0.557. The SMILES string of the molecule is CC(=O)c1ccc(NC(=O)CN(Cc2ccccc2)C(=O)OC(C)(C)C)cc1. The zero-order valence-electron chi connectivity index (χ0n) is 16.7. The Balaban J connectivity index is 2.08. The van der Waals surface area contributed by atoms with Gasteiger partial charge in [-0.25, -0.2) is 4.79 Å². The molecule has 0 aliphatic rings. The molecule has 0 unspecified atom stereocenters. The number of nitrogens with zero attached hydrogens (tertiary/aromatic N) is 1. The molecular weight excluding hydrogens is 356 g/mol. The first-order chi connectivity index (χ1) is 13.1. The van der Waals surface area contributed by atoms with E-state index in [4.69, 9.17) is 4.74 Å². The topological polar surface area (TPSA) is 75.7 Å². The Morgan fingerprint density at radius 2 is 1.57 bits per heavy atom. The molecule has 28 heavy (non-hydrogen) atoms. The number of anilines is 1. The van der Waals surface area contributed by atoms with Crippen molar-refractivity contribution < 1.29 is 19.1 Å². The van der Waals surface area contributed by atoms with Gasteiger partial charge in [0.15, 0.2) is 5.78 Å². The molecule has 2 amide bonds. The van der Waals surface area contributed by atoms with Crippen molar-refractivity contribution >= 4 is 23.5 Å². The fraction of sp³-hybridized carbons (Fsp3) is 0.318. The summed E-state index contributed by atoms with van der Waals surface area (Å²) in [7, 11) is 0. The lowest BCUT2D eigenvalue weighted by Gasteiger charge is -2.27. The lowest BCUT2D eigenvalue weighted by molar-refractivity contribution is -0.117. The van der Waals surface area contributed by atoms with Crippen LogP contribution in [0.25, 0.3) is 0 Å². The first kappa shape index (κ1) is 21.2. The molecule has 0 spiro atoms. The second kappa shape index (κ2) is 9.17. The van der Waals surface area contributed by atoms with Crippen LogP contribution in [0.1, 0.15) is 43.6 Å². The van der Waals surface area contributed by atoms with Crippen LogP contribution < -0.4 is 5.32 Å². The van der Waals surface area contributed by atoms with Crippen LogP contribution in [0.15, 0.2) is 54.6 Å². The molecule has 0 atom stereocenters. The molecule has 2 aromatic carbocycles. The lowest BCUT2D eigenvalue weighted by atomic mass is 10.1. The van der Waals surface area contributed by atoms with Gasteiger partial charge >= 0.3 is 6.09 Å². The van der Waals surface area contributed by atoms with Gasteiger partial charge in [0.1, 0.15) is 12.1 Å². The second-order valence-corrected chi connectivity index (χ2v) is 7.50. The van der Waals surface area contributed by atoms with Gasteiger partial charge in [-0.3, -0.25) is 14.5 Å². The summed E-state index contributed by atoms with van der Waals surface area (Å²) in [5.74, 6) is -0.394. The standard InChI is InChI=1S/C22H26N2O4/c1-16(25)18-10-12-19(13-11-18)23-20(26)15-24(21(27)28-22(2,3)4)14-17-8-6-5-7-9-17/h5-13H,14-15H2,1-4H3,(H,23,26). The average molecular weight is 382 g/mol. The van der Waals surface area contributed by atoms with Crippen molar-refractivity contribution in [3.05, 3.63) is 65.7 Å². The molecule has 2 aromatic rings. The fourth-order valence-electron chi connectivity index (χ4n) is 2.48. The molecule has 0 aliphatic heterocycles. The van der Waals surface area contributed by atoms with Crippen molar-refractivity contribution in [2.75, 3.05) is 11.9 Å². The van der Waals surface area contributed by atoms with Crippen LogP contribution in [0.4, 0.5) is 10.5 Å². The first-order valence-electron chi connectivity index (χ1n) is 9.07. The van der Waals surface area contributed by atoms with Crippen LogP contribution in [0.5, 0.6) is 0 Å². The number of amides is 2. The van der Waals surface area contributed by atoms with E-state index in [1.54, 1.807) is 45.0 Å². The summed E-state index contributed by atoms with van der Waals surface area (Å²) in [6, 6.07) is 16.0. The summed E-state index contributed by atoms with van der Waals surface area (Å²) in [5.41, 5.74) is 1.36. The van der Waals surface area contributed by atoms with Crippen LogP contribution in [0.2, 0.25) is 0 Å². The highest BCUT2D eigenvalue weighted by molar-refractivity contribution is 5.96. The molecule has 6 nitrogen and oxygen atoms in total. The number of rotatable bonds is 6. The molecule has 0 heterocycles. The molecular formula is C22H26N2O4. The minimum atomic E-state index is -0.662. The maximum absolute atomic E-state index is 12.6. The largest absolute Gasteiger partial charge is 0.444 e. The molecule has 148 valence electrons. The zero-order chi connectivity index (χ0) is 20.7. The third-order valence-corrected chi connectivity index (χ3v) is 3.78. The van der Waals surface area contributed by atoms with E-state index in [2.05, 4.69) is 5.32 Å². The first-order valence-corrected chi connectivity index (χ1v) is 9.07. The van der Waals surface area contributed by atoms with E-state index < -0.39 is 11.7 Å². The predicted octanol–water partition coefficient (Wildman–Crippen LogP) is 4.27. The van der Waals surface area contributed by atoms with E-state index in [0.29, 0.717) is 11.3 Å². The van der Waals surface area contributed by atoms with Crippen LogP contribution in [-0.2, 0) is 16.1 Å². The molecule has 0 saturated heterocycles. The predicted molar refractivity (Wildman–Crippen MR) is 108 cm³/mol. The minimum absolute atomic E-state index is 0.0446. The molecule has 2 rings (SSSR count). The molecule has 0 aromatic heterocycles.